The van der Waals surface area contributed by atoms with Crippen molar-refractivity contribution in [3.8, 4) is 11.5 Å². The van der Waals surface area contributed by atoms with Crippen molar-refractivity contribution < 1.29 is 9.47 Å². The minimum Gasteiger partial charge on any atom is -0.493 e. The maximum absolute atomic E-state index is 6.24. The molecule has 124 valence electrons. The van der Waals surface area contributed by atoms with E-state index in [1.807, 2.05) is 0 Å². The average Bonchev–Trinajstić information content (AvgIpc) is 2.50. The molecule has 0 amide bonds. The quantitative estimate of drug-likeness (QED) is 0.844. The van der Waals surface area contributed by atoms with Crippen LogP contribution in [0.2, 0.25) is 0 Å². The summed E-state index contributed by atoms with van der Waals surface area (Å²) in [6, 6.07) is 4.46. The van der Waals surface area contributed by atoms with Crippen LogP contribution < -0.4 is 15.2 Å². The Balaban J connectivity index is 2.22. The number of ether oxygens (including phenoxy) is 2. The zero-order valence-corrected chi connectivity index (χ0v) is 15.1. The van der Waals surface area contributed by atoms with Crippen LogP contribution in [-0.4, -0.2) is 44.5 Å². The van der Waals surface area contributed by atoms with Crippen molar-refractivity contribution in [1.29, 1.82) is 0 Å². The molecule has 1 aromatic rings. The molecule has 1 aromatic carbocycles. The molecule has 22 heavy (non-hydrogen) atoms. The first kappa shape index (κ1) is 17.4. The van der Waals surface area contributed by atoms with E-state index in [4.69, 9.17) is 15.2 Å². The van der Waals surface area contributed by atoms with Crippen LogP contribution in [0.3, 0.4) is 0 Å². The molecule has 0 saturated carbocycles. The third-order valence-corrected chi connectivity index (χ3v) is 5.39. The predicted molar refractivity (Wildman–Crippen MR) is 93.0 cm³/mol. The number of hydrogen-bond acceptors (Lipinski definition) is 5. The van der Waals surface area contributed by atoms with Crippen LogP contribution in [0.4, 0.5) is 0 Å². The molecule has 2 rings (SSSR count). The summed E-state index contributed by atoms with van der Waals surface area (Å²) in [5, 5.41) is 0. The van der Waals surface area contributed by atoms with Gasteiger partial charge in [-0.2, -0.15) is 0 Å². The molecule has 0 radical (unpaired) electrons. The van der Waals surface area contributed by atoms with Crippen molar-refractivity contribution in [1.82, 2.24) is 4.90 Å². The van der Waals surface area contributed by atoms with Crippen molar-refractivity contribution in [3.05, 3.63) is 17.7 Å². The van der Waals surface area contributed by atoms with E-state index in [1.165, 1.54) is 10.5 Å². The maximum Gasteiger partial charge on any atom is 0.161 e. The van der Waals surface area contributed by atoms with E-state index in [0.29, 0.717) is 0 Å². The molecule has 0 bridgehead atoms. The van der Waals surface area contributed by atoms with Crippen molar-refractivity contribution in [2.75, 3.05) is 33.6 Å². The van der Waals surface area contributed by atoms with Gasteiger partial charge in [-0.15, -0.1) is 11.8 Å². The van der Waals surface area contributed by atoms with Crippen LogP contribution in [0.25, 0.3) is 0 Å². The number of hydrogen-bond donors (Lipinski definition) is 1. The molecule has 1 aliphatic rings. The zero-order valence-electron chi connectivity index (χ0n) is 14.3. The maximum atomic E-state index is 6.24. The summed E-state index contributed by atoms with van der Waals surface area (Å²) in [5.41, 5.74) is 7.69. The molecule has 1 fully saturated rings. The number of methoxy groups -OCH3 is 2. The minimum absolute atomic E-state index is 0.161. The van der Waals surface area contributed by atoms with Crippen LogP contribution in [0.15, 0.2) is 17.0 Å². The van der Waals surface area contributed by atoms with Gasteiger partial charge in [0.2, 0.25) is 0 Å². The normalized spacial score (nSPS) is 21.6. The molecule has 5 heteroatoms. The summed E-state index contributed by atoms with van der Waals surface area (Å²) in [4.78, 5) is 3.73. The van der Waals surface area contributed by atoms with E-state index in [2.05, 4.69) is 37.1 Å². The summed E-state index contributed by atoms with van der Waals surface area (Å²) in [7, 11) is 3.36. The lowest BCUT2D eigenvalue weighted by Gasteiger charge is -2.42. The largest absolute Gasteiger partial charge is 0.493 e. The highest BCUT2D eigenvalue weighted by Crippen LogP contribution is 2.36. The van der Waals surface area contributed by atoms with E-state index in [0.717, 1.165) is 37.6 Å². The Kier molecular flexibility index (Phi) is 5.64. The number of nitrogens with zero attached hydrogens (tertiary/aromatic N) is 1. The van der Waals surface area contributed by atoms with E-state index >= 15 is 0 Å². The fourth-order valence-corrected chi connectivity index (χ4v) is 3.69. The molecule has 0 aliphatic carbocycles. The van der Waals surface area contributed by atoms with Crippen molar-refractivity contribution >= 4 is 11.8 Å². The van der Waals surface area contributed by atoms with Crippen LogP contribution in [0, 0.1) is 5.41 Å². The minimum atomic E-state index is 0.161. The molecule has 0 spiro atoms. The first-order valence-electron chi connectivity index (χ1n) is 7.68. The number of rotatable bonds is 5. The van der Waals surface area contributed by atoms with E-state index in [-0.39, 0.29) is 11.5 Å². The third kappa shape index (κ3) is 3.70. The number of likely N-dealkylation sites (tertiary alicyclic amines) is 1. The predicted octanol–water partition coefficient (Wildman–Crippen LogP) is 2.98. The van der Waals surface area contributed by atoms with E-state index in [9.17, 15) is 0 Å². The summed E-state index contributed by atoms with van der Waals surface area (Å²) in [6.45, 7) is 7.51. The second-order valence-electron chi connectivity index (χ2n) is 6.61. The van der Waals surface area contributed by atoms with Gasteiger partial charge in [0.1, 0.15) is 0 Å². The highest BCUT2D eigenvalue weighted by atomic mass is 32.2. The number of thioether (sulfide) groups is 1. The Morgan fingerprint density at radius 3 is 2.45 bits per heavy atom. The second kappa shape index (κ2) is 7.11. The lowest BCUT2D eigenvalue weighted by Crippen LogP contribution is -2.52. The SMILES string of the molecule is COc1cc(CN2CCC(N)C(C)(C)C2)c(SC)cc1OC. The van der Waals surface area contributed by atoms with Crippen molar-refractivity contribution in [3.63, 3.8) is 0 Å². The third-order valence-electron chi connectivity index (χ3n) is 4.57. The van der Waals surface area contributed by atoms with Gasteiger partial charge >= 0.3 is 0 Å². The topological polar surface area (TPSA) is 47.7 Å². The molecule has 1 saturated heterocycles. The number of benzene rings is 1. The first-order valence-corrected chi connectivity index (χ1v) is 8.90. The van der Waals surface area contributed by atoms with E-state index in [1.54, 1.807) is 26.0 Å². The molecule has 1 heterocycles. The molecular weight excluding hydrogens is 296 g/mol. The molecule has 1 aliphatic heterocycles. The fraction of sp³-hybridized carbons (Fsp3) is 0.647. The smallest absolute Gasteiger partial charge is 0.161 e. The van der Waals surface area contributed by atoms with Crippen molar-refractivity contribution in [2.45, 2.75) is 37.8 Å². The Morgan fingerprint density at radius 2 is 1.91 bits per heavy atom. The number of nitrogens with two attached hydrogens (primary N) is 1. The Bertz CT molecular complexity index is 520. The van der Waals surface area contributed by atoms with Gasteiger partial charge in [-0.1, -0.05) is 13.8 Å². The summed E-state index contributed by atoms with van der Waals surface area (Å²) >= 11 is 1.75. The van der Waals surface area contributed by atoms with Crippen LogP contribution in [-0.2, 0) is 6.54 Å². The Labute approximate surface area is 138 Å². The zero-order chi connectivity index (χ0) is 16.3. The first-order chi connectivity index (χ1) is 10.4. The molecule has 0 aromatic heterocycles. The second-order valence-corrected chi connectivity index (χ2v) is 7.46. The Morgan fingerprint density at radius 1 is 1.27 bits per heavy atom. The van der Waals surface area contributed by atoms with Gasteiger partial charge in [0.25, 0.3) is 0 Å². The van der Waals surface area contributed by atoms with Gasteiger partial charge < -0.3 is 15.2 Å². The van der Waals surface area contributed by atoms with Crippen molar-refractivity contribution in [2.24, 2.45) is 11.1 Å². The number of piperidine rings is 1. The highest BCUT2D eigenvalue weighted by Gasteiger charge is 2.33. The fourth-order valence-electron chi connectivity index (χ4n) is 3.08. The van der Waals surface area contributed by atoms with Gasteiger partial charge in [0.15, 0.2) is 11.5 Å². The van der Waals surface area contributed by atoms with Gasteiger partial charge in [0, 0.05) is 30.6 Å². The molecule has 1 atom stereocenters. The molecule has 1 unspecified atom stereocenters. The average molecular weight is 324 g/mol. The highest BCUT2D eigenvalue weighted by molar-refractivity contribution is 7.98. The van der Waals surface area contributed by atoms with Gasteiger partial charge in [-0.05, 0) is 35.8 Å². The Hall–Kier alpha value is -0.910. The standard InChI is InChI=1S/C17H28N2O2S/c1-17(2)11-19(7-6-16(17)18)10-12-8-13(20-3)14(21-4)9-15(12)22-5/h8-9,16H,6-7,10-11,18H2,1-5H3. The van der Waals surface area contributed by atoms with Crippen LogP contribution >= 0.6 is 11.8 Å². The van der Waals surface area contributed by atoms with Gasteiger partial charge in [-0.25, -0.2) is 0 Å². The van der Waals surface area contributed by atoms with Crippen LogP contribution in [0.1, 0.15) is 25.8 Å². The van der Waals surface area contributed by atoms with E-state index < -0.39 is 0 Å². The lowest BCUT2D eigenvalue weighted by molar-refractivity contribution is 0.0892. The summed E-state index contributed by atoms with van der Waals surface area (Å²) < 4.78 is 10.9. The van der Waals surface area contributed by atoms with Gasteiger partial charge in [-0.3, -0.25) is 4.90 Å². The molecule has 4 nitrogen and oxygen atoms in total. The monoisotopic (exact) mass is 324 g/mol. The molecular formula is C17H28N2O2S. The lowest BCUT2D eigenvalue weighted by atomic mass is 9.79. The summed E-state index contributed by atoms with van der Waals surface area (Å²) in [5.74, 6) is 1.58. The van der Waals surface area contributed by atoms with Gasteiger partial charge in [0.05, 0.1) is 14.2 Å². The summed E-state index contributed by atoms with van der Waals surface area (Å²) in [6.07, 6.45) is 3.15. The van der Waals surface area contributed by atoms with Crippen LogP contribution in [0.5, 0.6) is 11.5 Å². The molecule has 2 N–H and O–H groups in total.